The van der Waals surface area contributed by atoms with E-state index in [4.69, 9.17) is 10.3 Å². The quantitative estimate of drug-likeness (QED) is 0.905. The predicted octanol–water partition coefficient (Wildman–Crippen LogP) is 3.94. The maximum absolute atomic E-state index is 6.34. The van der Waals surface area contributed by atoms with Crippen LogP contribution in [0.5, 0.6) is 0 Å². The molecule has 2 aliphatic rings. The number of nitrogens with zero attached hydrogens (tertiary/aromatic N) is 2. The molecular weight excluding hydrogens is 250 g/mol. The maximum atomic E-state index is 6.34. The van der Waals surface area contributed by atoms with Crippen LogP contribution in [-0.4, -0.2) is 10.1 Å². The third-order valence-corrected chi connectivity index (χ3v) is 5.38. The zero-order valence-corrected chi connectivity index (χ0v) is 12.6. The second-order valence-corrected chi connectivity index (χ2v) is 6.70. The van der Waals surface area contributed by atoms with E-state index < -0.39 is 0 Å². The molecule has 4 heteroatoms. The summed E-state index contributed by atoms with van der Waals surface area (Å²) in [6.07, 6.45) is 11.3. The number of rotatable bonds is 4. The van der Waals surface area contributed by atoms with Gasteiger partial charge in [-0.25, -0.2) is 0 Å². The van der Waals surface area contributed by atoms with Gasteiger partial charge in [0.1, 0.15) is 0 Å². The molecule has 1 aromatic rings. The predicted molar refractivity (Wildman–Crippen MR) is 78.2 cm³/mol. The fraction of sp³-hybridized carbons (Fsp3) is 0.875. The third-order valence-electron chi connectivity index (χ3n) is 5.38. The first-order valence-electron chi connectivity index (χ1n) is 8.37. The highest BCUT2D eigenvalue weighted by atomic mass is 16.5. The molecule has 2 N–H and O–H groups in total. The summed E-state index contributed by atoms with van der Waals surface area (Å²) in [5.74, 6) is 3.45. The van der Waals surface area contributed by atoms with Crippen LogP contribution in [0.25, 0.3) is 0 Å². The van der Waals surface area contributed by atoms with E-state index >= 15 is 0 Å². The lowest BCUT2D eigenvalue weighted by molar-refractivity contribution is 0.255. The van der Waals surface area contributed by atoms with Gasteiger partial charge in [0.2, 0.25) is 5.89 Å². The van der Waals surface area contributed by atoms with Crippen molar-refractivity contribution in [2.24, 2.45) is 17.6 Å². The van der Waals surface area contributed by atoms with E-state index in [0.717, 1.165) is 11.7 Å². The highest BCUT2D eigenvalue weighted by Gasteiger charge is 2.31. The lowest BCUT2D eigenvalue weighted by atomic mass is 9.84. The zero-order chi connectivity index (χ0) is 13.9. The van der Waals surface area contributed by atoms with E-state index in [9.17, 15) is 0 Å². The van der Waals surface area contributed by atoms with Crippen LogP contribution in [0.1, 0.15) is 88.4 Å². The van der Waals surface area contributed by atoms with Crippen molar-refractivity contribution in [3.63, 3.8) is 0 Å². The molecule has 0 aromatic carbocycles. The Morgan fingerprint density at radius 3 is 2.70 bits per heavy atom. The molecule has 4 nitrogen and oxygen atoms in total. The Balaban J connectivity index is 1.64. The van der Waals surface area contributed by atoms with Crippen LogP contribution in [0, 0.1) is 11.8 Å². The summed E-state index contributed by atoms with van der Waals surface area (Å²) in [4.78, 5) is 4.63. The van der Waals surface area contributed by atoms with Gasteiger partial charge in [0.25, 0.3) is 0 Å². The average molecular weight is 277 g/mol. The number of nitrogens with two attached hydrogens (primary N) is 1. The smallest absolute Gasteiger partial charge is 0.243 e. The second-order valence-electron chi connectivity index (χ2n) is 6.70. The molecule has 2 aliphatic carbocycles. The highest BCUT2D eigenvalue weighted by Crippen LogP contribution is 2.39. The summed E-state index contributed by atoms with van der Waals surface area (Å²) in [6.45, 7) is 2.27. The Bertz CT molecular complexity index is 425. The van der Waals surface area contributed by atoms with Crippen molar-refractivity contribution in [1.29, 1.82) is 0 Å². The van der Waals surface area contributed by atoms with Crippen molar-refractivity contribution in [2.45, 2.75) is 76.7 Å². The highest BCUT2D eigenvalue weighted by molar-refractivity contribution is 5.02. The van der Waals surface area contributed by atoms with Crippen LogP contribution >= 0.6 is 0 Å². The molecule has 0 saturated heterocycles. The standard InChI is InChI=1S/C16H27N3O/c1-2-11-8-9-13(10-11)15-18-16(20-19-15)14(17)12-6-4-3-5-7-12/h11-14H,2-10,17H2,1H3. The molecule has 1 heterocycles. The molecule has 0 amide bonds. The molecule has 1 aromatic heterocycles. The van der Waals surface area contributed by atoms with Crippen LogP contribution in [0.2, 0.25) is 0 Å². The van der Waals surface area contributed by atoms with Crippen LogP contribution in [0.4, 0.5) is 0 Å². The molecular formula is C16H27N3O. The Morgan fingerprint density at radius 2 is 2.00 bits per heavy atom. The Kier molecular flexibility index (Phi) is 4.39. The van der Waals surface area contributed by atoms with Gasteiger partial charge >= 0.3 is 0 Å². The zero-order valence-electron chi connectivity index (χ0n) is 12.6. The van der Waals surface area contributed by atoms with Gasteiger partial charge in [0.15, 0.2) is 5.82 Å². The van der Waals surface area contributed by atoms with E-state index in [0.29, 0.717) is 17.7 Å². The topological polar surface area (TPSA) is 64.9 Å². The molecule has 2 fully saturated rings. The van der Waals surface area contributed by atoms with Crippen LogP contribution in [0.15, 0.2) is 4.52 Å². The average Bonchev–Trinajstić information content (AvgIpc) is 3.16. The van der Waals surface area contributed by atoms with Crippen LogP contribution in [0.3, 0.4) is 0 Å². The first-order chi connectivity index (χ1) is 9.78. The Morgan fingerprint density at radius 1 is 1.20 bits per heavy atom. The monoisotopic (exact) mass is 277 g/mol. The normalized spacial score (nSPS) is 29.7. The van der Waals surface area contributed by atoms with Gasteiger partial charge in [0.05, 0.1) is 6.04 Å². The van der Waals surface area contributed by atoms with E-state index in [1.54, 1.807) is 0 Å². The minimum atomic E-state index is -0.0556. The van der Waals surface area contributed by atoms with Gasteiger partial charge < -0.3 is 10.3 Å². The fourth-order valence-corrected chi connectivity index (χ4v) is 3.92. The third kappa shape index (κ3) is 2.90. The van der Waals surface area contributed by atoms with Crippen molar-refractivity contribution in [2.75, 3.05) is 0 Å². The van der Waals surface area contributed by atoms with Crippen LogP contribution < -0.4 is 5.73 Å². The van der Waals surface area contributed by atoms with Gasteiger partial charge in [-0.1, -0.05) is 37.8 Å². The lowest BCUT2D eigenvalue weighted by Gasteiger charge is -2.24. The Labute approximate surface area is 121 Å². The maximum Gasteiger partial charge on any atom is 0.243 e. The largest absolute Gasteiger partial charge is 0.338 e. The lowest BCUT2D eigenvalue weighted by Crippen LogP contribution is -2.23. The first kappa shape index (κ1) is 14.1. The van der Waals surface area contributed by atoms with E-state index in [-0.39, 0.29) is 6.04 Å². The molecule has 112 valence electrons. The van der Waals surface area contributed by atoms with E-state index in [1.807, 2.05) is 0 Å². The molecule has 0 bridgehead atoms. The molecule has 0 aliphatic heterocycles. The Hall–Kier alpha value is -0.900. The van der Waals surface area contributed by atoms with Gasteiger partial charge in [-0.2, -0.15) is 4.98 Å². The van der Waals surface area contributed by atoms with Gasteiger partial charge in [0, 0.05) is 5.92 Å². The first-order valence-corrected chi connectivity index (χ1v) is 8.37. The minimum absolute atomic E-state index is 0.0556. The van der Waals surface area contributed by atoms with Crippen molar-refractivity contribution in [3.05, 3.63) is 11.7 Å². The summed E-state index contributed by atoms with van der Waals surface area (Å²) in [6, 6.07) is -0.0556. The summed E-state index contributed by atoms with van der Waals surface area (Å²) in [5, 5.41) is 4.22. The fourth-order valence-electron chi connectivity index (χ4n) is 3.92. The van der Waals surface area contributed by atoms with E-state index in [1.165, 1.54) is 57.8 Å². The molecule has 2 saturated carbocycles. The number of hydrogen-bond donors (Lipinski definition) is 1. The minimum Gasteiger partial charge on any atom is -0.338 e. The number of hydrogen-bond acceptors (Lipinski definition) is 4. The van der Waals surface area contributed by atoms with Crippen molar-refractivity contribution in [3.8, 4) is 0 Å². The molecule has 3 rings (SSSR count). The summed E-state index contributed by atoms with van der Waals surface area (Å²) in [7, 11) is 0. The number of aromatic nitrogens is 2. The van der Waals surface area contributed by atoms with Crippen molar-refractivity contribution in [1.82, 2.24) is 10.1 Å². The molecule has 0 spiro atoms. The van der Waals surface area contributed by atoms with Crippen LogP contribution in [-0.2, 0) is 0 Å². The van der Waals surface area contributed by atoms with Gasteiger partial charge in [-0.05, 0) is 43.9 Å². The summed E-state index contributed by atoms with van der Waals surface area (Å²) in [5.41, 5.74) is 6.34. The SMILES string of the molecule is CCC1CCC(c2noc(C(N)C3CCCCC3)n2)C1. The molecule has 0 radical (unpaired) electrons. The molecule has 3 atom stereocenters. The summed E-state index contributed by atoms with van der Waals surface area (Å²) >= 11 is 0. The van der Waals surface area contributed by atoms with Gasteiger partial charge in [-0.3, -0.25) is 0 Å². The van der Waals surface area contributed by atoms with Crippen molar-refractivity contribution < 1.29 is 4.52 Å². The van der Waals surface area contributed by atoms with Crippen molar-refractivity contribution >= 4 is 0 Å². The molecule has 3 unspecified atom stereocenters. The molecule has 20 heavy (non-hydrogen) atoms. The van der Waals surface area contributed by atoms with E-state index in [2.05, 4.69) is 17.1 Å². The van der Waals surface area contributed by atoms with Gasteiger partial charge in [-0.15, -0.1) is 0 Å². The summed E-state index contributed by atoms with van der Waals surface area (Å²) < 4.78 is 5.47. The second kappa shape index (κ2) is 6.25.